The molecule has 3 heterocycles. The molecule has 1 aromatic heterocycles. The predicted octanol–water partition coefficient (Wildman–Crippen LogP) is 2.06. The van der Waals surface area contributed by atoms with Crippen LogP contribution in [-0.2, 0) is 19.3 Å². The monoisotopic (exact) mass is 379 g/mol. The maximum absolute atomic E-state index is 13.4. The van der Waals surface area contributed by atoms with Gasteiger partial charge in [-0.2, -0.15) is 18.3 Å². The maximum Gasteiger partial charge on any atom is 0.423 e. The molecule has 2 aliphatic heterocycles. The van der Waals surface area contributed by atoms with Gasteiger partial charge in [0.15, 0.2) is 0 Å². The van der Waals surface area contributed by atoms with Crippen LogP contribution in [0.3, 0.4) is 0 Å². The molecule has 1 fully saturated rings. The summed E-state index contributed by atoms with van der Waals surface area (Å²) < 4.78 is 40.2. The summed E-state index contributed by atoms with van der Waals surface area (Å²) in [5, 5.41) is 5.48. The lowest BCUT2D eigenvalue weighted by Crippen LogP contribution is -2.44. The Labute approximate surface area is 154 Å². The van der Waals surface area contributed by atoms with Gasteiger partial charge in [0, 0.05) is 45.0 Å². The highest BCUT2D eigenvalue weighted by Gasteiger charge is 2.40. The number of H-pyrrole nitrogens is 1. The van der Waals surface area contributed by atoms with Crippen LogP contribution in [0.15, 0.2) is 29.2 Å². The van der Waals surface area contributed by atoms with Gasteiger partial charge in [0.1, 0.15) is 5.56 Å². The molecular formula is C18H20F3N5O. The molecule has 0 atom stereocenters. The van der Waals surface area contributed by atoms with Gasteiger partial charge in [-0.15, -0.1) is 0 Å². The van der Waals surface area contributed by atoms with Crippen molar-refractivity contribution in [3.05, 3.63) is 51.4 Å². The number of aromatic amines is 1. The van der Waals surface area contributed by atoms with Gasteiger partial charge in [-0.05, 0) is 24.2 Å². The molecule has 0 saturated carbocycles. The first kappa shape index (κ1) is 17.8. The number of anilines is 2. The summed E-state index contributed by atoms with van der Waals surface area (Å²) in [5.41, 5.74) is 0.498. The van der Waals surface area contributed by atoms with Gasteiger partial charge >= 0.3 is 6.18 Å². The van der Waals surface area contributed by atoms with E-state index in [0.29, 0.717) is 13.1 Å². The highest BCUT2D eigenvalue weighted by molar-refractivity contribution is 5.64. The van der Waals surface area contributed by atoms with E-state index in [1.165, 1.54) is 0 Å². The lowest BCUT2D eigenvalue weighted by molar-refractivity contribution is -0.138. The smallest absolute Gasteiger partial charge is 0.369 e. The fraction of sp³-hybridized carbons (Fsp3) is 0.444. The lowest BCUT2D eigenvalue weighted by Gasteiger charge is -2.35. The zero-order valence-corrected chi connectivity index (χ0v) is 14.9. The number of hydrogen-bond donors (Lipinski definition) is 1. The second-order valence-electron chi connectivity index (χ2n) is 7.02. The summed E-state index contributed by atoms with van der Waals surface area (Å²) in [7, 11) is 2.08. The molecule has 0 unspecified atom stereocenters. The molecule has 6 nitrogen and oxygen atoms in total. The Morgan fingerprint density at radius 2 is 1.78 bits per heavy atom. The van der Waals surface area contributed by atoms with E-state index in [9.17, 15) is 18.0 Å². The van der Waals surface area contributed by atoms with E-state index in [4.69, 9.17) is 0 Å². The zero-order valence-electron chi connectivity index (χ0n) is 14.9. The van der Waals surface area contributed by atoms with Crippen molar-refractivity contribution in [1.82, 2.24) is 15.1 Å². The predicted molar refractivity (Wildman–Crippen MR) is 95.9 cm³/mol. The highest BCUT2D eigenvalue weighted by atomic mass is 19.4. The van der Waals surface area contributed by atoms with E-state index >= 15 is 0 Å². The lowest BCUT2D eigenvalue weighted by atomic mass is 10.1. The molecule has 0 bridgehead atoms. The maximum atomic E-state index is 13.4. The number of rotatable bonds is 2. The number of alkyl halides is 3. The summed E-state index contributed by atoms with van der Waals surface area (Å²) in [6.07, 6.45) is -3.65. The van der Waals surface area contributed by atoms with E-state index in [-0.39, 0.29) is 5.69 Å². The average molecular weight is 379 g/mol. The molecule has 27 heavy (non-hydrogen) atoms. The van der Waals surface area contributed by atoms with E-state index in [1.807, 2.05) is 23.3 Å². The number of hydrogen-bond acceptors (Lipinski definition) is 5. The minimum absolute atomic E-state index is 0.174. The molecule has 4 rings (SSSR count). The number of fused-ring (bicyclic) bond motifs is 1. The number of benzene rings is 1. The quantitative estimate of drug-likeness (QED) is 0.866. The Balaban J connectivity index is 1.68. The molecule has 2 aromatic rings. The van der Waals surface area contributed by atoms with E-state index in [0.717, 1.165) is 49.2 Å². The van der Waals surface area contributed by atoms with Gasteiger partial charge in [-0.3, -0.25) is 4.79 Å². The van der Waals surface area contributed by atoms with Crippen molar-refractivity contribution in [3.63, 3.8) is 0 Å². The Kier molecular flexibility index (Phi) is 4.33. The molecule has 144 valence electrons. The minimum Gasteiger partial charge on any atom is -0.369 e. The topological polar surface area (TPSA) is 55.5 Å². The normalized spacial score (nSPS) is 18.1. The third-order valence-electron chi connectivity index (χ3n) is 5.26. The van der Waals surface area contributed by atoms with Crippen molar-refractivity contribution in [3.8, 4) is 0 Å². The van der Waals surface area contributed by atoms with Crippen molar-refractivity contribution in [2.24, 2.45) is 0 Å². The van der Waals surface area contributed by atoms with Gasteiger partial charge < -0.3 is 14.7 Å². The van der Waals surface area contributed by atoms with Gasteiger partial charge in [0.2, 0.25) is 0 Å². The van der Waals surface area contributed by atoms with Crippen molar-refractivity contribution in [1.29, 1.82) is 0 Å². The van der Waals surface area contributed by atoms with Crippen LogP contribution in [0.2, 0.25) is 0 Å². The first-order chi connectivity index (χ1) is 12.8. The van der Waals surface area contributed by atoms with Gasteiger partial charge in [-0.25, -0.2) is 5.10 Å². The van der Waals surface area contributed by atoms with Crippen molar-refractivity contribution < 1.29 is 13.2 Å². The fourth-order valence-electron chi connectivity index (χ4n) is 3.82. The standard InChI is InChI=1S/C18H20F3N5O/c1-24-5-7-25(8-6-24)14-4-2-3-12-10-26(11-13(12)14)15-9-22-23-17(27)16(15)18(19,20)21/h2-4,9H,5-8,10-11H2,1H3,(H,23,27). The Bertz CT molecular complexity index is 903. The van der Waals surface area contributed by atoms with Gasteiger partial charge in [0.05, 0.1) is 11.9 Å². The van der Waals surface area contributed by atoms with Crippen molar-refractivity contribution >= 4 is 11.4 Å². The highest BCUT2D eigenvalue weighted by Crippen LogP contribution is 2.39. The van der Waals surface area contributed by atoms with Gasteiger partial charge in [-0.1, -0.05) is 12.1 Å². The average Bonchev–Trinajstić information content (AvgIpc) is 3.05. The second-order valence-corrected chi connectivity index (χ2v) is 7.02. The molecule has 1 saturated heterocycles. The van der Waals surface area contributed by atoms with E-state index < -0.39 is 17.3 Å². The summed E-state index contributed by atoms with van der Waals surface area (Å²) in [5.74, 6) is 0. The second kappa shape index (κ2) is 6.56. The van der Waals surface area contributed by atoms with E-state index in [1.54, 1.807) is 4.90 Å². The van der Waals surface area contributed by atoms with Crippen molar-refractivity contribution in [2.75, 3.05) is 43.0 Å². The van der Waals surface area contributed by atoms with Crippen LogP contribution in [0.1, 0.15) is 16.7 Å². The Hall–Kier alpha value is -2.55. The van der Waals surface area contributed by atoms with Crippen LogP contribution in [0.4, 0.5) is 24.5 Å². The van der Waals surface area contributed by atoms with Crippen LogP contribution in [0.5, 0.6) is 0 Å². The van der Waals surface area contributed by atoms with Gasteiger partial charge in [0.25, 0.3) is 5.56 Å². The van der Waals surface area contributed by atoms with Crippen LogP contribution >= 0.6 is 0 Å². The van der Waals surface area contributed by atoms with Crippen LogP contribution in [0.25, 0.3) is 0 Å². The molecule has 9 heteroatoms. The number of halogens is 3. The largest absolute Gasteiger partial charge is 0.423 e. The summed E-state index contributed by atoms with van der Waals surface area (Å²) in [6, 6.07) is 5.90. The number of likely N-dealkylation sites (N-methyl/N-ethyl adjacent to an activating group) is 1. The van der Waals surface area contributed by atoms with Crippen molar-refractivity contribution in [2.45, 2.75) is 19.3 Å². The molecule has 0 spiro atoms. The Morgan fingerprint density at radius 1 is 1.04 bits per heavy atom. The van der Waals surface area contributed by atoms with Crippen LogP contribution in [-0.4, -0.2) is 48.3 Å². The minimum atomic E-state index is -4.74. The summed E-state index contributed by atoms with van der Waals surface area (Å²) >= 11 is 0. The number of nitrogens with one attached hydrogen (secondary N) is 1. The number of piperazine rings is 1. The molecule has 2 aliphatic rings. The Morgan fingerprint density at radius 3 is 2.48 bits per heavy atom. The van der Waals surface area contributed by atoms with Crippen LogP contribution in [0, 0.1) is 0 Å². The molecular weight excluding hydrogens is 359 g/mol. The third-order valence-corrected chi connectivity index (χ3v) is 5.26. The molecule has 1 aromatic carbocycles. The summed E-state index contributed by atoms with van der Waals surface area (Å²) in [4.78, 5) is 17.9. The molecule has 0 amide bonds. The summed E-state index contributed by atoms with van der Waals surface area (Å²) in [6.45, 7) is 4.31. The first-order valence-corrected chi connectivity index (χ1v) is 8.78. The number of aromatic nitrogens is 2. The fourth-order valence-corrected chi connectivity index (χ4v) is 3.82. The number of nitrogens with zero attached hydrogens (tertiary/aromatic N) is 4. The zero-order chi connectivity index (χ0) is 19.2. The third kappa shape index (κ3) is 3.27. The van der Waals surface area contributed by atoms with E-state index in [2.05, 4.69) is 21.9 Å². The SMILES string of the molecule is CN1CCN(c2cccc3c2CN(c2cn[nH]c(=O)c2C(F)(F)F)C3)CC1. The molecule has 0 radical (unpaired) electrons. The first-order valence-electron chi connectivity index (χ1n) is 8.78. The molecule has 0 aliphatic carbocycles. The molecule has 1 N–H and O–H groups in total. The van der Waals surface area contributed by atoms with Crippen LogP contribution < -0.4 is 15.4 Å².